The zero-order valence-corrected chi connectivity index (χ0v) is 7.86. The highest BCUT2D eigenvalue weighted by atomic mass is 16.5. The highest BCUT2D eigenvalue weighted by Gasteiger charge is 2.36. The highest BCUT2D eigenvalue weighted by molar-refractivity contribution is 5.13. The molecule has 0 bridgehead atoms. The van der Waals surface area contributed by atoms with E-state index in [2.05, 4.69) is 17.4 Å². The third kappa shape index (κ3) is 2.29. The lowest BCUT2D eigenvalue weighted by Gasteiger charge is -2.02. The minimum absolute atomic E-state index is 0.435. The number of hydrogen-bond acceptors (Lipinski definition) is 2. The average Bonchev–Trinajstić information content (AvgIpc) is 2.95. The van der Waals surface area contributed by atoms with Crippen LogP contribution in [-0.4, -0.2) is 19.2 Å². The quantitative estimate of drug-likeness (QED) is 0.753. The number of rotatable bonds is 4. The summed E-state index contributed by atoms with van der Waals surface area (Å²) in [6.07, 6.45) is 1.59. The fourth-order valence-electron chi connectivity index (χ4n) is 1.44. The Morgan fingerprint density at radius 1 is 1.38 bits per heavy atom. The fourth-order valence-corrected chi connectivity index (χ4v) is 1.44. The maximum absolute atomic E-state index is 5.68. The Labute approximate surface area is 78.9 Å². The number of nitrogens with one attached hydrogen (secondary N) is 1. The molecule has 1 fully saturated rings. The molecule has 13 heavy (non-hydrogen) atoms. The Balaban J connectivity index is 1.75. The van der Waals surface area contributed by atoms with Gasteiger partial charge < -0.3 is 10.1 Å². The Kier molecular flexibility index (Phi) is 2.62. The van der Waals surface area contributed by atoms with Gasteiger partial charge in [-0.2, -0.15) is 0 Å². The van der Waals surface area contributed by atoms with Crippen LogP contribution < -0.4 is 5.32 Å². The molecule has 1 aliphatic rings. The standard InChI is InChI=1S/C11H15NO/c1-12-10-7-11(10)13-8-9-5-3-2-4-6-9/h2-6,10-12H,7-8H2,1H3. The SMILES string of the molecule is CNC1CC1OCc1ccccc1. The van der Waals surface area contributed by atoms with Gasteiger partial charge in [-0.05, 0) is 19.0 Å². The van der Waals surface area contributed by atoms with Crippen LogP contribution in [0.5, 0.6) is 0 Å². The highest BCUT2D eigenvalue weighted by Crippen LogP contribution is 2.25. The molecule has 2 heteroatoms. The second-order valence-electron chi connectivity index (χ2n) is 3.47. The molecule has 0 radical (unpaired) electrons. The van der Waals surface area contributed by atoms with Gasteiger partial charge in [-0.25, -0.2) is 0 Å². The molecule has 0 amide bonds. The fraction of sp³-hybridized carbons (Fsp3) is 0.455. The van der Waals surface area contributed by atoms with Crippen LogP contribution in [0.15, 0.2) is 30.3 Å². The summed E-state index contributed by atoms with van der Waals surface area (Å²) in [5.41, 5.74) is 1.25. The number of benzene rings is 1. The van der Waals surface area contributed by atoms with Crippen LogP contribution in [0.2, 0.25) is 0 Å². The first-order chi connectivity index (χ1) is 6.40. The van der Waals surface area contributed by atoms with Gasteiger partial charge >= 0.3 is 0 Å². The minimum atomic E-state index is 0.435. The van der Waals surface area contributed by atoms with Crippen molar-refractivity contribution in [2.24, 2.45) is 0 Å². The van der Waals surface area contributed by atoms with E-state index in [1.54, 1.807) is 0 Å². The summed E-state index contributed by atoms with van der Waals surface area (Å²) in [7, 11) is 1.98. The second kappa shape index (κ2) is 3.90. The average molecular weight is 177 g/mol. The van der Waals surface area contributed by atoms with E-state index in [0.29, 0.717) is 12.1 Å². The molecule has 0 aromatic heterocycles. The molecule has 0 aliphatic heterocycles. The van der Waals surface area contributed by atoms with Crippen molar-refractivity contribution in [1.29, 1.82) is 0 Å². The summed E-state index contributed by atoms with van der Waals surface area (Å²) >= 11 is 0. The zero-order valence-electron chi connectivity index (χ0n) is 7.86. The molecule has 1 saturated carbocycles. The third-order valence-electron chi connectivity index (χ3n) is 2.41. The molecule has 1 aromatic rings. The van der Waals surface area contributed by atoms with Gasteiger partial charge in [-0.15, -0.1) is 0 Å². The summed E-state index contributed by atoms with van der Waals surface area (Å²) in [5, 5.41) is 3.20. The molecule has 1 N–H and O–H groups in total. The van der Waals surface area contributed by atoms with E-state index >= 15 is 0 Å². The number of ether oxygens (including phenoxy) is 1. The molecule has 0 spiro atoms. The van der Waals surface area contributed by atoms with Crippen LogP contribution in [0, 0.1) is 0 Å². The number of hydrogen-bond donors (Lipinski definition) is 1. The van der Waals surface area contributed by atoms with E-state index in [-0.39, 0.29) is 0 Å². The first kappa shape index (κ1) is 8.73. The topological polar surface area (TPSA) is 21.3 Å². The summed E-state index contributed by atoms with van der Waals surface area (Å²) in [4.78, 5) is 0. The predicted molar refractivity (Wildman–Crippen MR) is 52.5 cm³/mol. The molecule has 70 valence electrons. The van der Waals surface area contributed by atoms with Crippen LogP contribution in [0.25, 0.3) is 0 Å². The minimum Gasteiger partial charge on any atom is -0.372 e. The molecule has 2 unspecified atom stereocenters. The van der Waals surface area contributed by atoms with E-state index in [1.165, 1.54) is 5.56 Å². The lowest BCUT2D eigenvalue weighted by molar-refractivity contribution is 0.0998. The molecule has 0 saturated heterocycles. The van der Waals surface area contributed by atoms with Crippen molar-refractivity contribution in [3.8, 4) is 0 Å². The van der Waals surface area contributed by atoms with Crippen LogP contribution >= 0.6 is 0 Å². The van der Waals surface area contributed by atoms with Gasteiger partial charge in [-0.1, -0.05) is 30.3 Å². The van der Waals surface area contributed by atoms with Gasteiger partial charge in [0.15, 0.2) is 0 Å². The largest absolute Gasteiger partial charge is 0.372 e. The molecule has 1 aromatic carbocycles. The zero-order chi connectivity index (χ0) is 9.10. The Hall–Kier alpha value is -0.860. The normalized spacial score (nSPS) is 25.9. The van der Waals surface area contributed by atoms with Gasteiger partial charge in [0.05, 0.1) is 12.7 Å². The van der Waals surface area contributed by atoms with Crippen LogP contribution in [0.3, 0.4) is 0 Å². The van der Waals surface area contributed by atoms with Crippen molar-refractivity contribution in [3.63, 3.8) is 0 Å². The van der Waals surface area contributed by atoms with E-state index in [0.717, 1.165) is 13.0 Å². The molecular formula is C11H15NO. The van der Waals surface area contributed by atoms with E-state index in [9.17, 15) is 0 Å². The van der Waals surface area contributed by atoms with E-state index in [1.807, 2.05) is 25.2 Å². The van der Waals surface area contributed by atoms with Crippen LogP contribution in [0.1, 0.15) is 12.0 Å². The molecular weight excluding hydrogens is 162 g/mol. The van der Waals surface area contributed by atoms with Crippen molar-refractivity contribution in [2.75, 3.05) is 7.05 Å². The van der Waals surface area contributed by atoms with Crippen molar-refractivity contribution >= 4 is 0 Å². The van der Waals surface area contributed by atoms with Crippen molar-refractivity contribution < 1.29 is 4.74 Å². The summed E-state index contributed by atoms with van der Waals surface area (Å²) < 4.78 is 5.68. The third-order valence-corrected chi connectivity index (χ3v) is 2.41. The first-order valence-corrected chi connectivity index (χ1v) is 4.73. The Morgan fingerprint density at radius 3 is 2.77 bits per heavy atom. The van der Waals surface area contributed by atoms with Crippen LogP contribution in [-0.2, 0) is 11.3 Å². The molecule has 2 rings (SSSR count). The first-order valence-electron chi connectivity index (χ1n) is 4.73. The lowest BCUT2D eigenvalue weighted by atomic mass is 10.2. The van der Waals surface area contributed by atoms with Gasteiger partial charge in [0.2, 0.25) is 0 Å². The number of likely N-dealkylation sites (N-methyl/N-ethyl adjacent to an activating group) is 1. The van der Waals surface area contributed by atoms with E-state index < -0.39 is 0 Å². The van der Waals surface area contributed by atoms with Gasteiger partial charge in [0, 0.05) is 6.04 Å². The summed E-state index contributed by atoms with van der Waals surface area (Å²) in [6, 6.07) is 10.9. The Bertz CT molecular complexity index is 260. The molecule has 0 heterocycles. The predicted octanol–water partition coefficient (Wildman–Crippen LogP) is 1.56. The molecule has 1 aliphatic carbocycles. The summed E-state index contributed by atoms with van der Waals surface area (Å²) in [5.74, 6) is 0. The smallest absolute Gasteiger partial charge is 0.0749 e. The van der Waals surface area contributed by atoms with Crippen LogP contribution in [0.4, 0.5) is 0 Å². The van der Waals surface area contributed by atoms with Crippen molar-refractivity contribution in [3.05, 3.63) is 35.9 Å². The Morgan fingerprint density at radius 2 is 2.15 bits per heavy atom. The van der Waals surface area contributed by atoms with Crippen molar-refractivity contribution in [2.45, 2.75) is 25.2 Å². The monoisotopic (exact) mass is 177 g/mol. The molecule has 2 atom stereocenters. The summed E-state index contributed by atoms with van der Waals surface area (Å²) in [6.45, 7) is 0.740. The van der Waals surface area contributed by atoms with Crippen molar-refractivity contribution in [1.82, 2.24) is 5.32 Å². The van der Waals surface area contributed by atoms with Gasteiger partial charge in [0.25, 0.3) is 0 Å². The molecule has 2 nitrogen and oxygen atoms in total. The van der Waals surface area contributed by atoms with Gasteiger partial charge in [-0.3, -0.25) is 0 Å². The van der Waals surface area contributed by atoms with Gasteiger partial charge in [0.1, 0.15) is 0 Å². The lowest BCUT2D eigenvalue weighted by Crippen LogP contribution is -2.14. The maximum Gasteiger partial charge on any atom is 0.0749 e. The second-order valence-corrected chi connectivity index (χ2v) is 3.47. The van der Waals surface area contributed by atoms with E-state index in [4.69, 9.17) is 4.74 Å². The maximum atomic E-state index is 5.68.